The molecule has 1 aliphatic heterocycles. The number of methoxy groups -OCH3 is 1. The lowest BCUT2D eigenvalue weighted by atomic mass is 9.99. The van der Waals surface area contributed by atoms with Crippen LogP contribution < -0.4 is 14.9 Å². The number of rotatable bonds is 5. The monoisotopic (exact) mass is 492 g/mol. The van der Waals surface area contributed by atoms with Gasteiger partial charge in [-0.1, -0.05) is 0 Å². The van der Waals surface area contributed by atoms with E-state index in [4.69, 9.17) is 18.6 Å². The van der Waals surface area contributed by atoms with Gasteiger partial charge >= 0.3 is 5.97 Å². The molecular weight excluding hydrogens is 472 g/mol. The number of carboxylic acids is 1. The Labute approximate surface area is 195 Å². The van der Waals surface area contributed by atoms with Crippen molar-refractivity contribution >= 4 is 16.9 Å². The van der Waals surface area contributed by atoms with Crippen LogP contribution in [0.5, 0.6) is 28.7 Å². The summed E-state index contributed by atoms with van der Waals surface area (Å²) < 4.78 is 21.3. The summed E-state index contributed by atoms with van der Waals surface area (Å²) in [5.74, 6) is -3.98. The third-order valence-electron chi connectivity index (χ3n) is 5.43. The summed E-state index contributed by atoms with van der Waals surface area (Å²) in [6.07, 6.45) is -9.56. The van der Waals surface area contributed by atoms with Crippen molar-refractivity contribution in [3.05, 3.63) is 40.6 Å². The molecule has 7 N–H and O–H groups in total. The van der Waals surface area contributed by atoms with Crippen molar-refractivity contribution in [3.63, 3.8) is 0 Å². The van der Waals surface area contributed by atoms with Crippen LogP contribution in [0.25, 0.3) is 22.3 Å². The van der Waals surface area contributed by atoms with Gasteiger partial charge < -0.3 is 54.4 Å². The number of carbonyl (C=O) groups is 1. The van der Waals surface area contributed by atoms with Gasteiger partial charge in [-0.25, -0.2) is 4.79 Å². The Morgan fingerprint density at radius 1 is 0.971 bits per heavy atom. The Morgan fingerprint density at radius 3 is 2.31 bits per heavy atom. The molecule has 2 heterocycles. The second-order valence-electron chi connectivity index (χ2n) is 7.66. The fourth-order valence-corrected chi connectivity index (χ4v) is 3.64. The van der Waals surface area contributed by atoms with E-state index in [0.29, 0.717) is 0 Å². The van der Waals surface area contributed by atoms with E-state index in [9.17, 15) is 45.3 Å². The highest BCUT2D eigenvalue weighted by molar-refractivity contribution is 5.89. The number of benzene rings is 2. The molecule has 0 bridgehead atoms. The van der Waals surface area contributed by atoms with Crippen LogP contribution >= 0.6 is 0 Å². The van der Waals surface area contributed by atoms with Crippen LogP contribution in [-0.4, -0.2) is 79.5 Å². The lowest BCUT2D eigenvalue weighted by molar-refractivity contribution is -0.271. The largest absolute Gasteiger partial charge is 0.504 e. The highest BCUT2D eigenvalue weighted by Crippen LogP contribution is 2.43. The standard InChI is InChI=1S/C22H20O13/c1-32-19-13(34-22-18(29)16(27)17(28)20(35-22)21(30)31)6-12-14(15(19)26)10(25)5-11(33-12)7-2-3-8(23)9(24)4-7/h2-6,16-18,20,22-24,26-29H,1H3,(H,30,31). The summed E-state index contributed by atoms with van der Waals surface area (Å²) in [5.41, 5.74) is -0.715. The molecule has 0 radical (unpaired) electrons. The van der Waals surface area contributed by atoms with Crippen molar-refractivity contribution in [1.29, 1.82) is 0 Å². The summed E-state index contributed by atoms with van der Waals surface area (Å²) in [4.78, 5) is 24.1. The number of phenols is 3. The number of ether oxygens (including phenoxy) is 3. The molecular formula is C22H20O13. The number of carboxylic acid groups (broad SMARTS) is 1. The van der Waals surface area contributed by atoms with Crippen LogP contribution in [0.1, 0.15) is 0 Å². The minimum atomic E-state index is -1.95. The van der Waals surface area contributed by atoms with E-state index in [1.807, 2.05) is 0 Å². The van der Waals surface area contributed by atoms with Crippen molar-refractivity contribution in [2.24, 2.45) is 0 Å². The Kier molecular flexibility index (Phi) is 6.17. The second-order valence-corrected chi connectivity index (χ2v) is 7.66. The number of hydrogen-bond donors (Lipinski definition) is 7. The molecule has 5 atom stereocenters. The maximum absolute atomic E-state index is 12.7. The third kappa shape index (κ3) is 4.17. The van der Waals surface area contributed by atoms with Crippen molar-refractivity contribution in [3.8, 4) is 40.1 Å². The van der Waals surface area contributed by atoms with Gasteiger partial charge in [-0.15, -0.1) is 0 Å². The van der Waals surface area contributed by atoms with E-state index in [2.05, 4.69) is 0 Å². The molecule has 5 unspecified atom stereocenters. The van der Waals surface area contributed by atoms with E-state index in [-0.39, 0.29) is 33.8 Å². The predicted molar refractivity (Wildman–Crippen MR) is 114 cm³/mol. The van der Waals surface area contributed by atoms with Gasteiger partial charge in [0.05, 0.1) is 7.11 Å². The Balaban J connectivity index is 1.81. The van der Waals surface area contributed by atoms with Gasteiger partial charge in [0.25, 0.3) is 0 Å². The van der Waals surface area contributed by atoms with E-state index >= 15 is 0 Å². The first-order valence-electron chi connectivity index (χ1n) is 10.0. The molecule has 2 aromatic carbocycles. The van der Waals surface area contributed by atoms with Gasteiger partial charge in [0.15, 0.2) is 34.5 Å². The molecule has 1 saturated heterocycles. The second kappa shape index (κ2) is 8.96. The Hall–Kier alpha value is -4.04. The molecule has 1 aromatic heterocycles. The molecule has 3 aromatic rings. The molecule has 1 fully saturated rings. The van der Waals surface area contributed by atoms with Gasteiger partial charge in [-0.2, -0.15) is 0 Å². The maximum Gasteiger partial charge on any atom is 0.335 e. The zero-order chi connectivity index (χ0) is 25.6. The summed E-state index contributed by atoms with van der Waals surface area (Å²) in [7, 11) is 1.14. The van der Waals surface area contributed by atoms with Gasteiger partial charge in [-0.3, -0.25) is 4.79 Å². The molecule has 0 amide bonds. The quantitative estimate of drug-likeness (QED) is 0.231. The van der Waals surface area contributed by atoms with Crippen LogP contribution in [0.4, 0.5) is 0 Å². The Morgan fingerprint density at radius 2 is 1.69 bits per heavy atom. The highest BCUT2D eigenvalue weighted by atomic mass is 16.7. The summed E-state index contributed by atoms with van der Waals surface area (Å²) in [6.45, 7) is 0. The summed E-state index contributed by atoms with van der Waals surface area (Å²) in [5, 5.41) is 68.9. The topological polar surface area (TPSA) is 217 Å². The van der Waals surface area contributed by atoms with Crippen molar-refractivity contribution < 1.29 is 59.2 Å². The molecule has 186 valence electrons. The maximum atomic E-state index is 12.7. The number of phenolic OH excluding ortho intramolecular Hbond substituents is 3. The molecule has 13 heteroatoms. The molecule has 0 spiro atoms. The number of hydrogen-bond acceptors (Lipinski definition) is 12. The van der Waals surface area contributed by atoms with E-state index in [0.717, 1.165) is 25.3 Å². The number of aliphatic hydroxyl groups is 3. The van der Waals surface area contributed by atoms with Crippen LogP contribution in [0.3, 0.4) is 0 Å². The van der Waals surface area contributed by atoms with E-state index in [1.54, 1.807) is 0 Å². The first-order chi connectivity index (χ1) is 16.5. The highest BCUT2D eigenvalue weighted by Gasteiger charge is 2.48. The molecule has 13 nitrogen and oxygen atoms in total. The first-order valence-corrected chi connectivity index (χ1v) is 10.0. The zero-order valence-electron chi connectivity index (χ0n) is 17.9. The number of fused-ring (bicyclic) bond motifs is 1. The predicted octanol–water partition coefficient (Wildman–Crippen LogP) is -0.144. The van der Waals surface area contributed by atoms with Gasteiger partial charge in [0.2, 0.25) is 12.0 Å². The fraction of sp³-hybridized carbons (Fsp3) is 0.273. The average molecular weight is 492 g/mol. The molecule has 1 aliphatic rings. The zero-order valence-corrected chi connectivity index (χ0v) is 17.9. The summed E-state index contributed by atoms with van der Waals surface area (Å²) >= 11 is 0. The molecule has 0 saturated carbocycles. The minimum absolute atomic E-state index is 0.0493. The molecule has 4 rings (SSSR count). The molecule has 0 aliphatic carbocycles. The number of aliphatic hydroxyl groups excluding tert-OH is 3. The number of aromatic hydroxyl groups is 3. The SMILES string of the molecule is COc1c(OC2OC(C(=O)O)C(O)C(O)C2O)cc2oc(-c3ccc(O)c(O)c3)cc(=O)c2c1O. The van der Waals surface area contributed by atoms with Gasteiger partial charge in [0.1, 0.15) is 35.0 Å². The average Bonchev–Trinajstić information content (AvgIpc) is 2.80. The van der Waals surface area contributed by atoms with Crippen LogP contribution in [0.2, 0.25) is 0 Å². The van der Waals surface area contributed by atoms with E-state index < -0.39 is 59.4 Å². The lowest BCUT2D eigenvalue weighted by Crippen LogP contribution is -2.61. The fourth-order valence-electron chi connectivity index (χ4n) is 3.64. The van der Waals surface area contributed by atoms with Crippen LogP contribution in [0, 0.1) is 0 Å². The lowest BCUT2D eigenvalue weighted by Gasteiger charge is -2.38. The van der Waals surface area contributed by atoms with Gasteiger partial charge in [0, 0.05) is 17.7 Å². The number of aliphatic carboxylic acids is 1. The molecule has 35 heavy (non-hydrogen) atoms. The van der Waals surface area contributed by atoms with Gasteiger partial charge in [-0.05, 0) is 18.2 Å². The Bertz CT molecular complexity index is 1350. The van der Waals surface area contributed by atoms with Crippen LogP contribution in [-0.2, 0) is 9.53 Å². The summed E-state index contributed by atoms with van der Waals surface area (Å²) in [6, 6.07) is 5.82. The van der Waals surface area contributed by atoms with Crippen molar-refractivity contribution in [2.45, 2.75) is 30.7 Å². The normalized spacial score (nSPS) is 24.3. The van der Waals surface area contributed by atoms with Crippen molar-refractivity contribution in [2.75, 3.05) is 7.11 Å². The van der Waals surface area contributed by atoms with E-state index in [1.165, 1.54) is 12.1 Å². The van der Waals surface area contributed by atoms with Crippen LogP contribution in [0.15, 0.2) is 39.5 Å². The third-order valence-corrected chi connectivity index (χ3v) is 5.43. The smallest absolute Gasteiger partial charge is 0.335 e. The van der Waals surface area contributed by atoms with Crippen molar-refractivity contribution in [1.82, 2.24) is 0 Å². The first kappa shape index (κ1) is 24.1. The minimum Gasteiger partial charge on any atom is -0.504 e.